The lowest BCUT2D eigenvalue weighted by molar-refractivity contribution is 0.0523. The Kier molecular flexibility index (Phi) is 4.14. The van der Waals surface area contributed by atoms with Crippen molar-refractivity contribution < 1.29 is 9.47 Å². The standard InChI is InChI=1S/C12H19N3O2/c1-3-17-10-5-4-8-15(9-10)12-13-7-6-11(14-12)16-2/h6-7,10H,3-5,8-9H2,1-2H3. The molecule has 0 amide bonds. The van der Waals surface area contributed by atoms with Gasteiger partial charge in [0.2, 0.25) is 11.8 Å². The molecule has 0 aromatic carbocycles. The molecular formula is C12H19N3O2. The Labute approximate surface area is 102 Å². The molecule has 1 aliphatic heterocycles. The number of rotatable bonds is 4. The Morgan fingerprint density at radius 2 is 2.41 bits per heavy atom. The van der Waals surface area contributed by atoms with Gasteiger partial charge in [0.05, 0.1) is 13.2 Å². The van der Waals surface area contributed by atoms with E-state index in [4.69, 9.17) is 9.47 Å². The number of piperidine rings is 1. The number of nitrogens with zero attached hydrogens (tertiary/aromatic N) is 3. The summed E-state index contributed by atoms with van der Waals surface area (Å²) in [7, 11) is 1.62. The molecule has 1 aliphatic rings. The first-order chi connectivity index (χ1) is 8.33. The largest absolute Gasteiger partial charge is 0.481 e. The Morgan fingerprint density at radius 3 is 3.18 bits per heavy atom. The third kappa shape index (κ3) is 3.06. The van der Waals surface area contributed by atoms with Gasteiger partial charge < -0.3 is 14.4 Å². The van der Waals surface area contributed by atoms with Crippen LogP contribution in [0.15, 0.2) is 12.3 Å². The maximum Gasteiger partial charge on any atom is 0.228 e. The Morgan fingerprint density at radius 1 is 1.53 bits per heavy atom. The van der Waals surface area contributed by atoms with Gasteiger partial charge >= 0.3 is 0 Å². The lowest BCUT2D eigenvalue weighted by Gasteiger charge is -2.32. The smallest absolute Gasteiger partial charge is 0.228 e. The van der Waals surface area contributed by atoms with E-state index in [9.17, 15) is 0 Å². The van der Waals surface area contributed by atoms with E-state index in [0.29, 0.717) is 12.0 Å². The van der Waals surface area contributed by atoms with Crippen LogP contribution >= 0.6 is 0 Å². The average Bonchev–Trinajstić information content (AvgIpc) is 2.40. The highest BCUT2D eigenvalue weighted by molar-refractivity contribution is 5.32. The van der Waals surface area contributed by atoms with Crippen molar-refractivity contribution in [3.8, 4) is 5.88 Å². The van der Waals surface area contributed by atoms with Crippen molar-refractivity contribution in [1.82, 2.24) is 9.97 Å². The van der Waals surface area contributed by atoms with E-state index in [1.54, 1.807) is 19.4 Å². The summed E-state index contributed by atoms with van der Waals surface area (Å²) in [4.78, 5) is 10.8. The summed E-state index contributed by atoms with van der Waals surface area (Å²) in [5, 5.41) is 0. The fourth-order valence-corrected chi connectivity index (χ4v) is 2.09. The molecule has 1 atom stereocenters. The van der Waals surface area contributed by atoms with E-state index < -0.39 is 0 Å². The molecule has 2 heterocycles. The second-order valence-electron chi connectivity index (χ2n) is 4.06. The normalized spacial score (nSPS) is 20.4. The predicted molar refractivity (Wildman–Crippen MR) is 65.4 cm³/mol. The average molecular weight is 237 g/mol. The number of anilines is 1. The van der Waals surface area contributed by atoms with E-state index in [-0.39, 0.29) is 0 Å². The zero-order chi connectivity index (χ0) is 12.1. The zero-order valence-electron chi connectivity index (χ0n) is 10.4. The van der Waals surface area contributed by atoms with Gasteiger partial charge in [0.1, 0.15) is 0 Å². The third-order valence-corrected chi connectivity index (χ3v) is 2.89. The van der Waals surface area contributed by atoms with Gasteiger partial charge in [-0.1, -0.05) is 0 Å². The third-order valence-electron chi connectivity index (χ3n) is 2.89. The lowest BCUT2D eigenvalue weighted by atomic mass is 10.1. The molecule has 94 valence electrons. The van der Waals surface area contributed by atoms with Gasteiger partial charge in [0.15, 0.2) is 0 Å². The summed E-state index contributed by atoms with van der Waals surface area (Å²) < 4.78 is 10.8. The van der Waals surface area contributed by atoms with Crippen molar-refractivity contribution in [2.45, 2.75) is 25.9 Å². The highest BCUT2D eigenvalue weighted by Crippen LogP contribution is 2.19. The van der Waals surface area contributed by atoms with Gasteiger partial charge in [-0.3, -0.25) is 0 Å². The quantitative estimate of drug-likeness (QED) is 0.794. The first-order valence-corrected chi connectivity index (χ1v) is 6.07. The monoisotopic (exact) mass is 237 g/mol. The predicted octanol–water partition coefficient (Wildman–Crippen LogP) is 1.49. The molecule has 1 fully saturated rings. The van der Waals surface area contributed by atoms with Crippen LogP contribution in [0.5, 0.6) is 5.88 Å². The summed E-state index contributed by atoms with van der Waals surface area (Å²) in [6.45, 7) is 4.64. The van der Waals surface area contributed by atoms with Crippen molar-refractivity contribution in [3.63, 3.8) is 0 Å². The van der Waals surface area contributed by atoms with Crippen LogP contribution in [0.3, 0.4) is 0 Å². The molecule has 1 unspecified atom stereocenters. The SMILES string of the molecule is CCOC1CCCN(c2nccc(OC)n2)C1. The molecule has 17 heavy (non-hydrogen) atoms. The fraction of sp³-hybridized carbons (Fsp3) is 0.667. The van der Waals surface area contributed by atoms with Gasteiger partial charge in [-0.15, -0.1) is 0 Å². The maximum atomic E-state index is 5.66. The fourth-order valence-electron chi connectivity index (χ4n) is 2.09. The maximum absolute atomic E-state index is 5.66. The van der Waals surface area contributed by atoms with Gasteiger partial charge in [0.25, 0.3) is 0 Å². The second kappa shape index (κ2) is 5.82. The summed E-state index contributed by atoms with van der Waals surface area (Å²) >= 11 is 0. The highest BCUT2D eigenvalue weighted by atomic mass is 16.5. The summed E-state index contributed by atoms with van der Waals surface area (Å²) in [6, 6.07) is 1.76. The topological polar surface area (TPSA) is 47.5 Å². The van der Waals surface area contributed by atoms with Crippen molar-refractivity contribution in [3.05, 3.63) is 12.3 Å². The second-order valence-corrected chi connectivity index (χ2v) is 4.06. The van der Waals surface area contributed by atoms with Crippen LogP contribution in [0.1, 0.15) is 19.8 Å². The van der Waals surface area contributed by atoms with E-state index >= 15 is 0 Å². The molecule has 5 heteroatoms. The molecule has 0 aliphatic carbocycles. The van der Waals surface area contributed by atoms with Crippen LogP contribution in [-0.2, 0) is 4.74 Å². The minimum absolute atomic E-state index is 0.295. The van der Waals surface area contributed by atoms with Crippen LogP contribution < -0.4 is 9.64 Å². The molecule has 2 rings (SSSR count). The van der Waals surface area contributed by atoms with E-state index in [0.717, 1.165) is 38.5 Å². The van der Waals surface area contributed by atoms with E-state index in [1.807, 2.05) is 6.92 Å². The Bertz CT molecular complexity index is 357. The number of hydrogen-bond acceptors (Lipinski definition) is 5. The summed E-state index contributed by atoms with van der Waals surface area (Å²) in [6.07, 6.45) is 4.26. The Balaban J connectivity index is 2.05. The van der Waals surface area contributed by atoms with Crippen LogP contribution in [0.2, 0.25) is 0 Å². The molecule has 5 nitrogen and oxygen atoms in total. The van der Waals surface area contributed by atoms with Crippen LogP contribution in [0.25, 0.3) is 0 Å². The molecular weight excluding hydrogens is 218 g/mol. The number of ether oxygens (including phenoxy) is 2. The summed E-state index contributed by atoms with van der Waals surface area (Å²) in [5.74, 6) is 1.34. The van der Waals surface area contributed by atoms with E-state index in [1.165, 1.54) is 0 Å². The van der Waals surface area contributed by atoms with Crippen molar-refractivity contribution in [1.29, 1.82) is 0 Å². The van der Waals surface area contributed by atoms with E-state index in [2.05, 4.69) is 14.9 Å². The molecule has 1 aromatic rings. The first kappa shape index (κ1) is 12.1. The van der Waals surface area contributed by atoms with Crippen molar-refractivity contribution in [2.24, 2.45) is 0 Å². The van der Waals surface area contributed by atoms with Crippen molar-refractivity contribution in [2.75, 3.05) is 31.7 Å². The molecule has 0 spiro atoms. The minimum Gasteiger partial charge on any atom is -0.481 e. The minimum atomic E-state index is 0.295. The van der Waals surface area contributed by atoms with Gasteiger partial charge in [-0.25, -0.2) is 4.98 Å². The number of methoxy groups -OCH3 is 1. The zero-order valence-corrected chi connectivity index (χ0v) is 10.4. The lowest BCUT2D eigenvalue weighted by Crippen LogP contribution is -2.40. The molecule has 0 saturated carbocycles. The molecule has 1 saturated heterocycles. The van der Waals surface area contributed by atoms with Crippen molar-refractivity contribution >= 4 is 5.95 Å². The van der Waals surface area contributed by atoms with Gasteiger partial charge in [-0.05, 0) is 19.8 Å². The summed E-state index contributed by atoms with van der Waals surface area (Å²) in [5.41, 5.74) is 0. The van der Waals surface area contributed by atoms with Crippen LogP contribution in [0, 0.1) is 0 Å². The van der Waals surface area contributed by atoms with Gasteiger partial charge in [-0.2, -0.15) is 4.98 Å². The van der Waals surface area contributed by atoms with Crippen LogP contribution in [0.4, 0.5) is 5.95 Å². The molecule has 0 bridgehead atoms. The highest BCUT2D eigenvalue weighted by Gasteiger charge is 2.22. The van der Waals surface area contributed by atoms with Crippen LogP contribution in [-0.4, -0.2) is 42.9 Å². The molecule has 0 radical (unpaired) electrons. The van der Waals surface area contributed by atoms with Gasteiger partial charge in [0, 0.05) is 32.0 Å². The Hall–Kier alpha value is -1.36. The number of hydrogen-bond donors (Lipinski definition) is 0. The first-order valence-electron chi connectivity index (χ1n) is 6.07. The molecule has 0 N–H and O–H groups in total. The number of aromatic nitrogens is 2. The molecule has 1 aromatic heterocycles.